The Labute approximate surface area is 189 Å². The zero-order valence-corrected chi connectivity index (χ0v) is 18.0. The van der Waals surface area contributed by atoms with Gasteiger partial charge in [-0.2, -0.15) is 0 Å². The number of carbonyl (C=O) groups is 2. The second-order valence-corrected chi connectivity index (χ2v) is 7.34. The number of benzene rings is 2. The summed E-state index contributed by atoms with van der Waals surface area (Å²) >= 11 is 0. The largest absolute Gasteiger partial charge is 0.507 e. The highest BCUT2D eigenvalue weighted by atomic mass is 19.1. The van der Waals surface area contributed by atoms with Crippen LogP contribution >= 0.6 is 0 Å². The average Bonchev–Trinajstić information content (AvgIpc) is 3.08. The summed E-state index contributed by atoms with van der Waals surface area (Å²) in [6, 6.07) is 14.5. The normalized spacial score (nSPS) is 17.3. The molecule has 1 aromatic heterocycles. The van der Waals surface area contributed by atoms with E-state index in [2.05, 4.69) is 4.98 Å². The molecule has 1 fully saturated rings. The Morgan fingerprint density at radius 1 is 1.03 bits per heavy atom. The second-order valence-electron chi connectivity index (χ2n) is 7.34. The number of hydrogen-bond donors (Lipinski definition) is 1. The maximum atomic E-state index is 14.9. The number of aliphatic hydroxyl groups is 1. The van der Waals surface area contributed by atoms with Gasteiger partial charge in [-0.3, -0.25) is 14.6 Å². The van der Waals surface area contributed by atoms with Crippen LogP contribution < -0.4 is 9.47 Å². The molecule has 1 aliphatic heterocycles. The quantitative estimate of drug-likeness (QED) is 0.350. The maximum Gasteiger partial charge on any atom is 0.296 e. The van der Waals surface area contributed by atoms with Crippen molar-refractivity contribution < 1.29 is 28.6 Å². The second kappa shape index (κ2) is 9.12. The Morgan fingerprint density at radius 2 is 1.76 bits per heavy atom. The number of aromatic nitrogens is 1. The smallest absolute Gasteiger partial charge is 0.296 e. The molecule has 4 rings (SSSR count). The zero-order chi connectivity index (χ0) is 23.5. The molecular formula is C25H21FN2O5. The third kappa shape index (κ3) is 4.03. The van der Waals surface area contributed by atoms with E-state index >= 15 is 0 Å². The molecule has 33 heavy (non-hydrogen) atoms. The number of methoxy groups -OCH3 is 2. The Morgan fingerprint density at radius 3 is 2.42 bits per heavy atom. The highest BCUT2D eigenvalue weighted by Gasteiger charge is 2.47. The van der Waals surface area contributed by atoms with Crippen molar-refractivity contribution in [2.45, 2.75) is 12.6 Å². The van der Waals surface area contributed by atoms with E-state index in [1.165, 1.54) is 49.5 Å². The Balaban J connectivity index is 1.89. The molecule has 168 valence electrons. The van der Waals surface area contributed by atoms with Gasteiger partial charge in [0.1, 0.15) is 11.6 Å². The van der Waals surface area contributed by atoms with Crippen LogP contribution in [0.3, 0.4) is 0 Å². The molecule has 0 bridgehead atoms. The fraction of sp³-hybridized carbons (Fsp3) is 0.160. The highest BCUT2D eigenvalue weighted by molar-refractivity contribution is 6.46. The Hall–Kier alpha value is -4.20. The van der Waals surface area contributed by atoms with E-state index in [-0.39, 0.29) is 23.2 Å². The van der Waals surface area contributed by atoms with Gasteiger partial charge in [0.25, 0.3) is 11.7 Å². The minimum atomic E-state index is -1.14. The molecular weight excluding hydrogens is 427 g/mol. The molecule has 0 radical (unpaired) electrons. The summed E-state index contributed by atoms with van der Waals surface area (Å²) in [6.07, 6.45) is 1.56. The number of nitrogens with zero attached hydrogens (tertiary/aromatic N) is 2. The van der Waals surface area contributed by atoms with Crippen molar-refractivity contribution in [1.82, 2.24) is 9.88 Å². The van der Waals surface area contributed by atoms with Crippen molar-refractivity contribution in [3.63, 3.8) is 0 Å². The topological polar surface area (TPSA) is 89.0 Å². The first-order valence-electron chi connectivity index (χ1n) is 10.1. The molecule has 2 heterocycles. The van der Waals surface area contributed by atoms with E-state index in [1.54, 1.807) is 36.5 Å². The van der Waals surface area contributed by atoms with E-state index in [0.29, 0.717) is 17.2 Å². The standard InChI is InChI=1S/C25H21FN2O5/c1-32-19-11-10-15(13-20(19)33-2)23(29)21-22(17-8-3-4-9-18(17)26)28(25(31)24(21)30)14-16-7-5-6-12-27-16/h3-13,22,29H,14H2,1-2H3/b23-21+. The van der Waals surface area contributed by atoms with Gasteiger partial charge in [-0.1, -0.05) is 24.3 Å². The van der Waals surface area contributed by atoms with Crippen LogP contribution in [0.15, 0.2) is 72.4 Å². The molecule has 1 saturated heterocycles. The van der Waals surface area contributed by atoms with Gasteiger partial charge < -0.3 is 19.5 Å². The number of ether oxygens (including phenoxy) is 2. The lowest BCUT2D eigenvalue weighted by Crippen LogP contribution is -2.30. The molecule has 0 saturated carbocycles. The van der Waals surface area contributed by atoms with Gasteiger partial charge in [-0.15, -0.1) is 0 Å². The van der Waals surface area contributed by atoms with Gasteiger partial charge in [0.2, 0.25) is 0 Å². The molecule has 3 aromatic rings. The van der Waals surface area contributed by atoms with Crippen LogP contribution in [0.1, 0.15) is 22.9 Å². The van der Waals surface area contributed by atoms with E-state index in [4.69, 9.17) is 9.47 Å². The van der Waals surface area contributed by atoms with Gasteiger partial charge in [-0.05, 0) is 36.4 Å². The first-order chi connectivity index (χ1) is 16.0. The van der Waals surface area contributed by atoms with Crippen LogP contribution in [0.5, 0.6) is 11.5 Å². The van der Waals surface area contributed by atoms with E-state index in [1.807, 2.05) is 0 Å². The molecule has 1 aliphatic rings. The molecule has 8 heteroatoms. The van der Waals surface area contributed by atoms with Crippen LogP contribution in [-0.4, -0.2) is 40.9 Å². The summed E-state index contributed by atoms with van der Waals surface area (Å²) in [5.41, 5.74) is 0.625. The SMILES string of the molecule is COc1ccc(/C(O)=C2\C(=O)C(=O)N(Cc3ccccn3)C2c2ccccc2F)cc1OC. The number of Topliss-reactive ketones (excluding diaryl/α,β-unsaturated/α-hetero) is 1. The number of carbonyl (C=O) groups excluding carboxylic acids is 2. The average molecular weight is 448 g/mol. The highest BCUT2D eigenvalue weighted by Crippen LogP contribution is 2.42. The first kappa shape index (κ1) is 22.0. The van der Waals surface area contributed by atoms with Gasteiger partial charge in [0.05, 0.1) is 38.1 Å². The van der Waals surface area contributed by atoms with E-state index < -0.39 is 29.3 Å². The van der Waals surface area contributed by atoms with Crippen LogP contribution in [-0.2, 0) is 16.1 Å². The van der Waals surface area contributed by atoms with Crippen molar-refractivity contribution in [1.29, 1.82) is 0 Å². The van der Waals surface area contributed by atoms with Gasteiger partial charge >= 0.3 is 0 Å². The number of likely N-dealkylation sites (tertiary alicyclic amines) is 1. The molecule has 0 spiro atoms. The summed E-state index contributed by atoms with van der Waals surface area (Å²) < 4.78 is 25.4. The third-order valence-corrected chi connectivity index (χ3v) is 5.46. The van der Waals surface area contributed by atoms with Gasteiger partial charge in [0, 0.05) is 17.3 Å². The van der Waals surface area contributed by atoms with Crippen molar-refractivity contribution in [3.05, 3.63) is 95.1 Å². The summed E-state index contributed by atoms with van der Waals surface area (Å²) in [5.74, 6) is -2.05. The number of pyridine rings is 1. The summed E-state index contributed by atoms with van der Waals surface area (Å²) in [7, 11) is 2.91. The number of halogens is 1. The summed E-state index contributed by atoms with van der Waals surface area (Å²) in [4.78, 5) is 31.5. The van der Waals surface area contributed by atoms with E-state index in [9.17, 15) is 19.1 Å². The predicted octanol–water partition coefficient (Wildman–Crippen LogP) is 3.86. The monoisotopic (exact) mass is 448 g/mol. The number of amides is 1. The van der Waals surface area contributed by atoms with Crippen molar-refractivity contribution in [2.75, 3.05) is 14.2 Å². The molecule has 1 amide bonds. The lowest BCUT2D eigenvalue weighted by Gasteiger charge is -2.25. The van der Waals surface area contributed by atoms with Crippen LogP contribution in [0, 0.1) is 5.82 Å². The minimum absolute atomic E-state index is 0.0346. The van der Waals surface area contributed by atoms with Crippen molar-refractivity contribution in [3.8, 4) is 11.5 Å². The molecule has 2 aromatic carbocycles. The first-order valence-corrected chi connectivity index (χ1v) is 10.1. The fourth-order valence-electron chi connectivity index (χ4n) is 3.87. The lowest BCUT2D eigenvalue weighted by atomic mass is 9.94. The number of aliphatic hydroxyl groups excluding tert-OH is 1. The molecule has 1 N–H and O–H groups in total. The fourth-order valence-corrected chi connectivity index (χ4v) is 3.87. The lowest BCUT2D eigenvalue weighted by molar-refractivity contribution is -0.140. The molecule has 0 aliphatic carbocycles. The zero-order valence-electron chi connectivity index (χ0n) is 18.0. The molecule has 7 nitrogen and oxygen atoms in total. The Bertz CT molecular complexity index is 1240. The number of rotatable bonds is 6. The minimum Gasteiger partial charge on any atom is -0.507 e. The van der Waals surface area contributed by atoms with Crippen molar-refractivity contribution >= 4 is 17.4 Å². The van der Waals surface area contributed by atoms with Gasteiger partial charge in [0.15, 0.2) is 11.5 Å². The number of hydrogen-bond acceptors (Lipinski definition) is 6. The number of ketones is 1. The van der Waals surface area contributed by atoms with Crippen LogP contribution in [0.2, 0.25) is 0 Å². The van der Waals surface area contributed by atoms with Crippen LogP contribution in [0.25, 0.3) is 5.76 Å². The third-order valence-electron chi connectivity index (χ3n) is 5.46. The van der Waals surface area contributed by atoms with Crippen molar-refractivity contribution in [2.24, 2.45) is 0 Å². The molecule has 1 unspecified atom stereocenters. The predicted molar refractivity (Wildman–Crippen MR) is 118 cm³/mol. The maximum absolute atomic E-state index is 14.9. The Kier molecular flexibility index (Phi) is 6.08. The summed E-state index contributed by atoms with van der Waals surface area (Å²) in [5, 5.41) is 11.1. The van der Waals surface area contributed by atoms with Crippen LogP contribution in [0.4, 0.5) is 4.39 Å². The van der Waals surface area contributed by atoms with Gasteiger partial charge in [-0.25, -0.2) is 4.39 Å². The van der Waals surface area contributed by atoms with E-state index in [0.717, 1.165) is 0 Å². The molecule has 1 atom stereocenters. The summed E-state index contributed by atoms with van der Waals surface area (Å²) in [6.45, 7) is -0.0346.